The number of rotatable bonds is 5. The Balaban J connectivity index is 2.74. The van der Waals surface area contributed by atoms with Gasteiger partial charge in [0.15, 0.2) is 0 Å². The van der Waals surface area contributed by atoms with Crippen molar-refractivity contribution in [2.24, 2.45) is 5.92 Å². The van der Waals surface area contributed by atoms with Gasteiger partial charge in [0, 0.05) is 4.90 Å². The van der Waals surface area contributed by atoms with Crippen molar-refractivity contribution in [3.8, 4) is 6.07 Å². The molecule has 86 valence electrons. The molecule has 0 N–H and O–H groups in total. The van der Waals surface area contributed by atoms with E-state index < -0.39 is 0 Å². The van der Waals surface area contributed by atoms with Gasteiger partial charge in [0.05, 0.1) is 11.3 Å². The molecule has 0 saturated carbocycles. The summed E-state index contributed by atoms with van der Waals surface area (Å²) in [6.45, 7) is 6.41. The van der Waals surface area contributed by atoms with E-state index >= 15 is 0 Å². The topological polar surface area (TPSA) is 23.8 Å². The average molecular weight is 233 g/mol. The standard InChI is InChI=1S/C14H19NS/c1-4-12(5-2)14(10-15)16-13-8-6-7-11(3)9-13/h6-9,12,14H,4-5H2,1-3H3. The Morgan fingerprint density at radius 2 is 2.00 bits per heavy atom. The maximum atomic E-state index is 9.22. The molecule has 16 heavy (non-hydrogen) atoms. The van der Waals surface area contributed by atoms with Crippen molar-refractivity contribution in [1.29, 1.82) is 5.26 Å². The van der Waals surface area contributed by atoms with Gasteiger partial charge < -0.3 is 0 Å². The minimum Gasteiger partial charge on any atom is -0.197 e. The maximum absolute atomic E-state index is 9.22. The third kappa shape index (κ3) is 3.57. The van der Waals surface area contributed by atoms with Crippen LogP contribution in [0.2, 0.25) is 0 Å². The fraction of sp³-hybridized carbons (Fsp3) is 0.500. The van der Waals surface area contributed by atoms with Crippen molar-refractivity contribution in [1.82, 2.24) is 0 Å². The van der Waals surface area contributed by atoms with Crippen LogP contribution in [0.4, 0.5) is 0 Å². The van der Waals surface area contributed by atoms with E-state index in [-0.39, 0.29) is 5.25 Å². The Bertz CT molecular complexity index is 363. The lowest BCUT2D eigenvalue weighted by Crippen LogP contribution is -2.13. The summed E-state index contributed by atoms with van der Waals surface area (Å²) in [6, 6.07) is 10.8. The van der Waals surface area contributed by atoms with Gasteiger partial charge in [-0.1, -0.05) is 44.4 Å². The van der Waals surface area contributed by atoms with Gasteiger partial charge in [0.1, 0.15) is 0 Å². The molecule has 0 aliphatic carbocycles. The predicted octanol–water partition coefficient (Wildman–Crippen LogP) is 4.42. The van der Waals surface area contributed by atoms with E-state index in [0.717, 1.165) is 12.8 Å². The highest BCUT2D eigenvalue weighted by Gasteiger charge is 2.18. The SMILES string of the molecule is CCC(CC)C(C#N)Sc1cccc(C)c1. The molecule has 0 bridgehead atoms. The Kier molecular flexibility index (Phi) is 5.42. The first-order valence-corrected chi connectivity index (χ1v) is 6.72. The van der Waals surface area contributed by atoms with Crippen LogP contribution >= 0.6 is 11.8 Å². The first-order valence-electron chi connectivity index (χ1n) is 5.84. The molecule has 1 unspecified atom stereocenters. The van der Waals surface area contributed by atoms with Gasteiger partial charge in [-0.05, 0) is 25.0 Å². The van der Waals surface area contributed by atoms with E-state index in [4.69, 9.17) is 0 Å². The van der Waals surface area contributed by atoms with Crippen molar-refractivity contribution >= 4 is 11.8 Å². The van der Waals surface area contributed by atoms with Crippen LogP contribution in [0.15, 0.2) is 29.2 Å². The average Bonchev–Trinajstić information content (AvgIpc) is 2.29. The molecule has 1 atom stereocenters. The van der Waals surface area contributed by atoms with E-state index in [2.05, 4.69) is 51.1 Å². The van der Waals surface area contributed by atoms with Crippen molar-refractivity contribution < 1.29 is 0 Å². The van der Waals surface area contributed by atoms with Gasteiger partial charge in [0.2, 0.25) is 0 Å². The second kappa shape index (κ2) is 6.60. The van der Waals surface area contributed by atoms with Crippen LogP contribution in [0.25, 0.3) is 0 Å². The number of benzene rings is 1. The van der Waals surface area contributed by atoms with E-state index in [1.165, 1.54) is 10.5 Å². The molecule has 1 aromatic rings. The molecule has 0 saturated heterocycles. The lowest BCUT2D eigenvalue weighted by atomic mass is 10.0. The molecule has 1 aromatic carbocycles. The van der Waals surface area contributed by atoms with E-state index in [1.807, 2.05) is 0 Å². The lowest BCUT2D eigenvalue weighted by molar-refractivity contribution is 0.514. The fourth-order valence-electron chi connectivity index (χ4n) is 1.78. The summed E-state index contributed by atoms with van der Waals surface area (Å²) in [7, 11) is 0. The van der Waals surface area contributed by atoms with E-state index in [9.17, 15) is 5.26 Å². The summed E-state index contributed by atoms with van der Waals surface area (Å²) in [5.41, 5.74) is 1.26. The molecular weight excluding hydrogens is 214 g/mol. The Hall–Kier alpha value is -0.940. The minimum atomic E-state index is 0.0804. The highest BCUT2D eigenvalue weighted by Crippen LogP contribution is 2.31. The number of nitriles is 1. The summed E-state index contributed by atoms with van der Waals surface area (Å²) in [5.74, 6) is 0.496. The van der Waals surface area contributed by atoms with Gasteiger partial charge in [0.25, 0.3) is 0 Å². The third-order valence-corrected chi connectivity index (χ3v) is 4.13. The quantitative estimate of drug-likeness (QED) is 0.703. The second-order valence-electron chi connectivity index (χ2n) is 4.06. The summed E-state index contributed by atoms with van der Waals surface area (Å²) in [5, 5.41) is 9.30. The zero-order chi connectivity index (χ0) is 12.0. The molecule has 1 rings (SSSR count). The molecular formula is C14H19NS. The molecule has 2 heteroatoms. The Morgan fingerprint density at radius 1 is 1.31 bits per heavy atom. The Morgan fingerprint density at radius 3 is 2.50 bits per heavy atom. The molecule has 0 aliphatic heterocycles. The number of nitrogens with zero attached hydrogens (tertiary/aromatic N) is 1. The fourth-order valence-corrected chi connectivity index (χ4v) is 3.11. The van der Waals surface area contributed by atoms with Crippen LogP contribution in [0.3, 0.4) is 0 Å². The minimum absolute atomic E-state index is 0.0804. The van der Waals surface area contributed by atoms with Gasteiger partial charge in [-0.2, -0.15) is 5.26 Å². The molecule has 0 fully saturated rings. The largest absolute Gasteiger partial charge is 0.197 e. The number of hydrogen-bond acceptors (Lipinski definition) is 2. The normalized spacial score (nSPS) is 12.4. The molecule has 0 aromatic heterocycles. The number of aryl methyl sites for hydroxylation is 1. The van der Waals surface area contributed by atoms with E-state index in [1.54, 1.807) is 11.8 Å². The summed E-state index contributed by atoms with van der Waals surface area (Å²) >= 11 is 1.70. The van der Waals surface area contributed by atoms with Gasteiger partial charge in [-0.15, -0.1) is 11.8 Å². The van der Waals surface area contributed by atoms with Crippen molar-refractivity contribution in [3.63, 3.8) is 0 Å². The highest BCUT2D eigenvalue weighted by atomic mass is 32.2. The van der Waals surface area contributed by atoms with Crippen LogP contribution in [-0.4, -0.2) is 5.25 Å². The van der Waals surface area contributed by atoms with Crippen LogP contribution in [-0.2, 0) is 0 Å². The second-order valence-corrected chi connectivity index (χ2v) is 5.28. The van der Waals surface area contributed by atoms with Gasteiger partial charge >= 0.3 is 0 Å². The lowest BCUT2D eigenvalue weighted by Gasteiger charge is -2.18. The van der Waals surface area contributed by atoms with Crippen molar-refractivity contribution in [3.05, 3.63) is 29.8 Å². The molecule has 0 spiro atoms. The zero-order valence-electron chi connectivity index (χ0n) is 10.2. The monoisotopic (exact) mass is 233 g/mol. The Labute approximate surface area is 103 Å². The molecule has 1 nitrogen and oxygen atoms in total. The van der Waals surface area contributed by atoms with Crippen LogP contribution in [0.5, 0.6) is 0 Å². The molecule has 0 radical (unpaired) electrons. The van der Waals surface area contributed by atoms with Crippen molar-refractivity contribution in [2.75, 3.05) is 0 Å². The first-order chi connectivity index (χ1) is 7.71. The highest BCUT2D eigenvalue weighted by molar-refractivity contribution is 8.00. The number of thioether (sulfide) groups is 1. The van der Waals surface area contributed by atoms with Gasteiger partial charge in [-0.3, -0.25) is 0 Å². The maximum Gasteiger partial charge on any atom is 0.0991 e. The van der Waals surface area contributed by atoms with Crippen LogP contribution in [0, 0.1) is 24.2 Å². The van der Waals surface area contributed by atoms with Crippen molar-refractivity contribution in [2.45, 2.75) is 43.8 Å². The third-order valence-electron chi connectivity index (χ3n) is 2.86. The summed E-state index contributed by atoms with van der Waals surface area (Å²) < 4.78 is 0. The van der Waals surface area contributed by atoms with Crippen LogP contribution in [0.1, 0.15) is 32.3 Å². The summed E-state index contributed by atoms with van der Waals surface area (Å²) in [6.07, 6.45) is 2.15. The zero-order valence-corrected chi connectivity index (χ0v) is 11.1. The molecule has 0 aliphatic rings. The van der Waals surface area contributed by atoms with Gasteiger partial charge in [-0.25, -0.2) is 0 Å². The predicted molar refractivity (Wildman–Crippen MR) is 70.5 cm³/mol. The molecule has 0 amide bonds. The molecule has 0 heterocycles. The van der Waals surface area contributed by atoms with Crippen LogP contribution < -0.4 is 0 Å². The summed E-state index contributed by atoms with van der Waals surface area (Å²) in [4.78, 5) is 1.21. The smallest absolute Gasteiger partial charge is 0.0991 e. The van der Waals surface area contributed by atoms with E-state index in [0.29, 0.717) is 5.92 Å². The number of hydrogen-bond donors (Lipinski definition) is 0. The first kappa shape index (κ1) is 13.1.